The molecule has 140 valence electrons. The SMILES string of the molecule is Cc1cccc(CC(CNC(=O)CSCc2c(C)noc2C)C(=O)O)c1. The maximum Gasteiger partial charge on any atom is 0.308 e. The predicted molar refractivity (Wildman–Crippen MR) is 101 cm³/mol. The van der Waals surface area contributed by atoms with Gasteiger partial charge in [0.1, 0.15) is 5.76 Å². The molecule has 0 aliphatic heterocycles. The van der Waals surface area contributed by atoms with Crippen LogP contribution in [0.3, 0.4) is 0 Å². The molecule has 2 N–H and O–H groups in total. The molecule has 0 fully saturated rings. The first-order valence-electron chi connectivity index (χ1n) is 8.41. The highest BCUT2D eigenvalue weighted by Gasteiger charge is 2.19. The third kappa shape index (κ3) is 5.91. The van der Waals surface area contributed by atoms with E-state index in [4.69, 9.17) is 4.52 Å². The normalized spacial score (nSPS) is 12.0. The number of aromatic nitrogens is 1. The molecule has 2 aromatic rings. The summed E-state index contributed by atoms with van der Waals surface area (Å²) in [6.07, 6.45) is 0.392. The number of carboxylic acids is 1. The number of carbonyl (C=O) groups is 2. The monoisotopic (exact) mass is 376 g/mol. The number of aryl methyl sites for hydroxylation is 3. The van der Waals surface area contributed by atoms with Crippen molar-refractivity contribution < 1.29 is 19.2 Å². The largest absolute Gasteiger partial charge is 0.481 e. The third-order valence-corrected chi connectivity index (χ3v) is 5.08. The lowest BCUT2D eigenvalue weighted by Crippen LogP contribution is -2.35. The summed E-state index contributed by atoms with van der Waals surface area (Å²) >= 11 is 1.45. The highest BCUT2D eigenvalue weighted by Crippen LogP contribution is 2.19. The van der Waals surface area contributed by atoms with Crippen LogP contribution in [-0.2, 0) is 21.8 Å². The van der Waals surface area contributed by atoms with Gasteiger partial charge in [-0.05, 0) is 32.8 Å². The lowest BCUT2D eigenvalue weighted by Gasteiger charge is -2.14. The van der Waals surface area contributed by atoms with Gasteiger partial charge in [-0.15, -0.1) is 11.8 Å². The van der Waals surface area contributed by atoms with Crippen LogP contribution in [0.5, 0.6) is 0 Å². The molecule has 0 bridgehead atoms. The maximum atomic E-state index is 12.0. The molecule has 1 atom stereocenters. The number of carbonyl (C=O) groups excluding carboxylic acids is 1. The van der Waals surface area contributed by atoms with Gasteiger partial charge in [-0.25, -0.2) is 0 Å². The van der Waals surface area contributed by atoms with Gasteiger partial charge in [-0.2, -0.15) is 0 Å². The van der Waals surface area contributed by atoms with Crippen molar-refractivity contribution in [2.45, 2.75) is 32.9 Å². The van der Waals surface area contributed by atoms with Crippen molar-refractivity contribution in [2.24, 2.45) is 5.92 Å². The fraction of sp³-hybridized carbons (Fsp3) is 0.421. The number of carboxylic acid groups (broad SMARTS) is 1. The first-order valence-corrected chi connectivity index (χ1v) is 9.56. The third-order valence-electron chi connectivity index (χ3n) is 4.12. The Kier molecular flexibility index (Phi) is 7.26. The molecule has 1 unspecified atom stereocenters. The standard InChI is InChI=1S/C19H24N2O4S/c1-12-5-4-6-15(7-12)8-16(19(23)24)9-20-18(22)11-26-10-17-13(2)21-25-14(17)3/h4-7,16H,8-11H2,1-3H3,(H,20,22)(H,23,24). The Labute approximate surface area is 157 Å². The highest BCUT2D eigenvalue weighted by atomic mass is 32.2. The van der Waals surface area contributed by atoms with Gasteiger partial charge in [-0.1, -0.05) is 35.0 Å². The summed E-state index contributed by atoms with van der Waals surface area (Å²) < 4.78 is 5.09. The fourth-order valence-corrected chi connectivity index (χ4v) is 3.62. The van der Waals surface area contributed by atoms with Gasteiger partial charge < -0.3 is 14.9 Å². The summed E-state index contributed by atoms with van der Waals surface area (Å²) in [6, 6.07) is 7.76. The van der Waals surface area contributed by atoms with Crippen LogP contribution < -0.4 is 5.32 Å². The van der Waals surface area contributed by atoms with E-state index in [2.05, 4.69) is 10.5 Å². The number of hydrogen-bond donors (Lipinski definition) is 2. The molecular weight excluding hydrogens is 352 g/mol. The smallest absolute Gasteiger partial charge is 0.308 e. The maximum absolute atomic E-state index is 12.0. The summed E-state index contributed by atoms with van der Waals surface area (Å²) in [6.45, 7) is 5.80. The van der Waals surface area contributed by atoms with E-state index in [1.165, 1.54) is 11.8 Å². The Hall–Kier alpha value is -2.28. The number of amides is 1. The second-order valence-corrected chi connectivity index (χ2v) is 7.31. The van der Waals surface area contributed by atoms with Crippen molar-refractivity contribution in [3.05, 3.63) is 52.4 Å². The summed E-state index contributed by atoms with van der Waals surface area (Å²) in [5, 5.41) is 16.0. The number of rotatable bonds is 9. The van der Waals surface area contributed by atoms with Gasteiger partial charge in [0.15, 0.2) is 0 Å². The van der Waals surface area contributed by atoms with E-state index in [0.717, 1.165) is 28.1 Å². The van der Waals surface area contributed by atoms with Crippen molar-refractivity contribution in [2.75, 3.05) is 12.3 Å². The summed E-state index contributed by atoms with van der Waals surface area (Å²) in [5.74, 6) is -0.0543. The zero-order valence-corrected chi connectivity index (χ0v) is 16.1. The van der Waals surface area contributed by atoms with Crippen molar-refractivity contribution in [3.63, 3.8) is 0 Å². The van der Waals surface area contributed by atoms with E-state index in [0.29, 0.717) is 12.2 Å². The van der Waals surface area contributed by atoms with E-state index in [1.54, 1.807) is 0 Å². The van der Waals surface area contributed by atoms with Gasteiger partial charge in [0.05, 0.1) is 17.4 Å². The molecule has 7 heteroatoms. The predicted octanol–water partition coefficient (Wildman–Crippen LogP) is 2.89. The van der Waals surface area contributed by atoms with Crippen LogP contribution in [0.1, 0.15) is 28.1 Å². The van der Waals surface area contributed by atoms with Crippen LogP contribution in [0.2, 0.25) is 0 Å². The Morgan fingerprint density at radius 2 is 2.08 bits per heavy atom. The molecule has 6 nitrogen and oxygen atoms in total. The fourth-order valence-electron chi connectivity index (χ4n) is 2.61. The number of hydrogen-bond acceptors (Lipinski definition) is 5. The molecule has 0 spiro atoms. The number of aliphatic carboxylic acids is 1. The molecule has 0 saturated carbocycles. The molecule has 0 radical (unpaired) electrons. The van der Waals surface area contributed by atoms with Crippen molar-refractivity contribution in [1.82, 2.24) is 10.5 Å². The molecule has 0 saturated heterocycles. The lowest BCUT2D eigenvalue weighted by molar-refractivity contribution is -0.141. The molecular formula is C19H24N2O4S. The number of benzene rings is 1. The molecule has 26 heavy (non-hydrogen) atoms. The zero-order chi connectivity index (χ0) is 19.1. The summed E-state index contributed by atoms with van der Waals surface area (Å²) in [5.41, 5.74) is 3.89. The summed E-state index contributed by atoms with van der Waals surface area (Å²) in [4.78, 5) is 23.5. The van der Waals surface area contributed by atoms with E-state index in [1.807, 2.05) is 45.0 Å². The zero-order valence-electron chi connectivity index (χ0n) is 15.2. The molecule has 1 heterocycles. The van der Waals surface area contributed by atoms with E-state index in [-0.39, 0.29) is 18.2 Å². The van der Waals surface area contributed by atoms with Crippen LogP contribution >= 0.6 is 11.8 Å². The van der Waals surface area contributed by atoms with Gasteiger partial charge in [0.25, 0.3) is 0 Å². The Bertz CT molecular complexity index is 753. The Balaban J connectivity index is 1.79. The average Bonchev–Trinajstić information content (AvgIpc) is 2.90. The summed E-state index contributed by atoms with van der Waals surface area (Å²) in [7, 11) is 0. The minimum absolute atomic E-state index is 0.119. The number of nitrogens with zero attached hydrogens (tertiary/aromatic N) is 1. The first kappa shape index (κ1) is 20.0. The van der Waals surface area contributed by atoms with Crippen LogP contribution in [0, 0.1) is 26.7 Å². The molecule has 0 aliphatic rings. The average molecular weight is 376 g/mol. The molecule has 0 aliphatic carbocycles. The number of thioether (sulfide) groups is 1. The second kappa shape index (κ2) is 9.43. The van der Waals surface area contributed by atoms with Crippen LogP contribution in [-0.4, -0.2) is 34.4 Å². The van der Waals surface area contributed by atoms with Crippen LogP contribution in [0.4, 0.5) is 0 Å². The number of nitrogens with one attached hydrogen (secondary N) is 1. The molecule has 1 aromatic carbocycles. The first-order chi connectivity index (χ1) is 12.4. The minimum Gasteiger partial charge on any atom is -0.481 e. The van der Waals surface area contributed by atoms with Gasteiger partial charge in [0, 0.05) is 17.9 Å². The van der Waals surface area contributed by atoms with E-state index >= 15 is 0 Å². The second-order valence-electron chi connectivity index (χ2n) is 6.33. The molecule has 1 amide bonds. The van der Waals surface area contributed by atoms with Crippen molar-refractivity contribution in [1.29, 1.82) is 0 Å². The van der Waals surface area contributed by atoms with Gasteiger partial charge in [0.2, 0.25) is 5.91 Å². The van der Waals surface area contributed by atoms with E-state index < -0.39 is 11.9 Å². The Morgan fingerprint density at radius 1 is 1.31 bits per heavy atom. The molecule has 2 rings (SSSR count). The quantitative estimate of drug-likeness (QED) is 0.699. The van der Waals surface area contributed by atoms with Gasteiger partial charge >= 0.3 is 5.97 Å². The van der Waals surface area contributed by atoms with Crippen LogP contribution in [0.15, 0.2) is 28.8 Å². The highest BCUT2D eigenvalue weighted by molar-refractivity contribution is 7.99. The Morgan fingerprint density at radius 3 is 2.69 bits per heavy atom. The molecule has 1 aromatic heterocycles. The topological polar surface area (TPSA) is 92.4 Å². The van der Waals surface area contributed by atoms with E-state index in [9.17, 15) is 14.7 Å². The van der Waals surface area contributed by atoms with Crippen LogP contribution in [0.25, 0.3) is 0 Å². The lowest BCUT2D eigenvalue weighted by atomic mass is 9.98. The van der Waals surface area contributed by atoms with Gasteiger partial charge in [-0.3, -0.25) is 9.59 Å². The minimum atomic E-state index is -0.907. The van der Waals surface area contributed by atoms with Crippen molar-refractivity contribution >= 4 is 23.6 Å². The van der Waals surface area contributed by atoms with Crippen molar-refractivity contribution in [3.8, 4) is 0 Å².